The van der Waals surface area contributed by atoms with E-state index >= 15 is 0 Å². The number of carbonyl (C=O) groups excluding carboxylic acids is 8. The van der Waals surface area contributed by atoms with Gasteiger partial charge in [0.25, 0.3) is 23.6 Å². The summed E-state index contributed by atoms with van der Waals surface area (Å²) in [5.41, 5.74) is 3.22. The Balaban J connectivity index is 0.724. The third-order valence-electron chi connectivity index (χ3n) is 17.4. The second-order valence-corrected chi connectivity index (χ2v) is 27.7. The predicted molar refractivity (Wildman–Crippen MR) is 391 cm³/mol. The number of ketones is 1. The zero-order valence-corrected chi connectivity index (χ0v) is 62.0. The number of ether oxygens (including phenoxy) is 10. The lowest BCUT2D eigenvalue weighted by Gasteiger charge is -2.27. The Morgan fingerprint density at radius 2 is 1.03 bits per heavy atom. The topological polar surface area (TPSA) is 324 Å². The van der Waals surface area contributed by atoms with Crippen LogP contribution in [0, 0.1) is 5.92 Å². The molecule has 28 nitrogen and oxygen atoms in total. The molecule has 5 aromatic carbocycles. The monoisotopic (exact) mass is 1530 g/mol. The summed E-state index contributed by atoms with van der Waals surface area (Å²) in [6, 6.07) is 26.1. The lowest BCUT2D eigenvalue weighted by molar-refractivity contribution is -0.137. The first-order valence-electron chi connectivity index (χ1n) is 34.2. The molecule has 3 atom stereocenters. The molecule has 9 rings (SSSR count). The first-order valence-corrected chi connectivity index (χ1v) is 37.7. The summed E-state index contributed by atoms with van der Waals surface area (Å²) in [7, 11) is -2.04. The quantitative estimate of drug-likeness (QED) is 0.0106. The number of alkyl halides is 2. The number of methoxy groups -OCH3 is 2. The van der Waals surface area contributed by atoms with E-state index in [1.165, 1.54) is 47.1 Å². The molecule has 0 spiro atoms. The van der Waals surface area contributed by atoms with Crippen LogP contribution in [0.4, 0.5) is 21.0 Å². The van der Waals surface area contributed by atoms with E-state index < -0.39 is 37.9 Å². The van der Waals surface area contributed by atoms with Crippen LogP contribution in [0.5, 0.6) is 11.5 Å². The van der Waals surface area contributed by atoms with Crippen molar-refractivity contribution in [1.29, 1.82) is 0 Å². The van der Waals surface area contributed by atoms with Crippen LogP contribution in [0.15, 0.2) is 109 Å². The molecule has 32 heteroatoms. The molecule has 3 aliphatic rings. The summed E-state index contributed by atoms with van der Waals surface area (Å²) >= 11 is 14.1. The number of nitrogens with zero attached hydrogens (tertiary/aromatic N) is 5. The smallest absolute Gasteiger partial charge is 0.445 e. The number of anilines is 2. The number of benzene rings is 5. The van der Waals surface area contributed by atoms with Crippen LogP contribution in [0.3, 0.4) is 0 Å². The molecule has 0 bridgehead atoms. The molecule has 566 valence electrons. The number of thiophene rings is 1. The van der Waals surface area contributed by atoms with Crippen LogP contribution in [-0.2, 0) is 68.2 Å². The maximum absolute atomic E-state index is 14.8. The van der Waals surface area contributed by atoms with Gasteiger partial charge in [-0.2, -0.15) is 0 Å². The van der Waals surface area contributed by atoms with Gasteiger partial charge in [-0.25, -0.2) is 14.2 Å². The third kappa shape index (κ3) is 22.1. The average Bonchev–Trinajstić information content (AvgIpc) is 1.62. The molecule has 0 aliphatic carbocycles. The van der Waals surface area contributed by atoms with Crippen LogP contribution >= 0.6 is 42.4 Å². The normalized spacial score (nSPS) is 15.1. The number of rotatable bonds is 43. The SMILES string of the molecule is COCCN(CCN(CCOC)C(=O)Oc1cc2c(c3ccccc13)[C@H](CCl)CN2C(=O)c1ccc(C(=O)N2C[C@@H](CCl)c3c2cc(OP(=O)(O)O)c2ccccc32)s1)C(=O)OCc1ccc(C(=O)[C@@H](NC(=O)CCOCCOCCOCCOCCOCCOCCN2C(=O)C=CC2=O)C(C)C)cc1. The van der Waals surface area contributed by atoms with Crippen LogP contribution in [0.2, 0.25) is 0 Å². The number of imide groups is 1. The van der Waals surface area contributed by atoms with Crippen molar-refractivity contribution in [3.63, 3.8) is 0 Å². The summed E-state index contributed by atoms with van der Waals surface area (Å²) < 4.78 is 73.0. The summed E-state index contributed by atoms with van der Waals surface area (Å²) in [4.78, 5) is 135. The van der Waals surface area contributed by atoms with Gasteiger partial charge in [0.15, 0.2) is 5.78 Å². The van der Waals surface area contributed by atoms with E-state index in [1.54, 1.807) is 83.8 Å². The molecule has 0 saturated heterocycles. The highest BCUT2D eigenvalue weighted by Crippen LogP contribution is 2.50. The van der Waals surface area contributed by atoms with Crippen LogP contribution in [0.1, 0.15) is 78.5 Å². The third-order valence-corrected chi connectivity index (χ3v) is 19.6. The second kappa shape index (κ2) is 40.1. The highest BCUT2D eigenvalue weighted by Gasteiger charge is 2.40. The van der Waals surface area contributed by atoms with Crippen molar-refractivity contribution >= 4 is 123 Å². The van der Waals surface area contributed by atoms with Gasteiger partial charge in [0.05, 0.1) is 126 Å². The zero-order valence-electron chi connectivity index (χ0n) is 58.8. The molecule has 0 fully saturated rings. The van der Waals surface area contributed by atoms with E-state index in [4.69, 9.17) is 75.1 Å². The molecule has 0 radical (unpaired) electrons. The van der Waals surface area contributed by atoms with E-state index in [9.17, 15) is 52.7 Å². The van der Waals surface area contributed by atoms with Crippen molar-refractivity contribution in [1.82, 2.24) is 20.0 Å². The fraction of sp³-hybridized carbons (Fsp3) is 0.452. The first-order chi connectivity index (χ1) is 50.7. The summed E-state index contributed by atoms with van der Waals surface area (Å²) in [6.45, 7) is 8.11. The fourth-order valence-electron chi connectivity index (χ4n) is 12.1. The number of carbonyl (C=O) groups is 8. The number of phosphoric acid groups is 1. The number of phosphoric ester groups is 1. The summed E-state index contributed by atoms with van der Waals surface area (Å²) in [5.74, 6) is -2.86. The van der Waals surface area contributed by atoms with Gasteiger partial charge in [0.2, 0.25) is 5.91 Å². The van der Waals surface area contributed by atoms with Crippen molar-refractivity contribution in [2.75, 3.05) is 174 Å². The Morgan fingerprint density at radius 3 is 1.50 bits per heavy atom. The summed E-state index contributed by atoms with van der Waals surface area (Å²) in [6.07, 6.45) is 1.01. The van der Waals surface area contributed by atoms with Crippen molar-refractivity contribution in [2.24, 2.45) is 5.92 Å². The Bertz CT molecular complexity index is 4070. The molecular formula is C73H87Cl2N6O22PS. The standard InChI is InChI=1S/C73H87Cl2N6O22PS/c1-48(2)68(76-63(82)21-27-95-31-33-97-35-37-99-39-40-100-38-36-98-34-32-96-30-26-79-64(83)19-20-65(79)84)69(85)50-15-13-49(14-16-50)47-101-72(88)77(24-28-93-3)22-23-78(25-29-94-4)73(89)102-59-41-57-66(55-11-7-5-9-53(55)59)51(43-74)45-80(57)70(86)61-17-18-62(105-61)71(87)81-46-52(44-75)67-56-12-8-6-10-54(56)60(42-58(67)81)103-104(90,91)92/h5-20,41-42,48,51-52,68H,21-40,43-47H2,1-4H3,(H,76,82)(H2,90,91,92)/t51-,52-,68+/m1/s1. The second-order valence-electron chi connectivity index (χ2n) is 24.8. The van der Waals surface area contributed by atoms with E-state index in [2.05, 4.69) is 5.32 Å². The van der Waals surface area contributed by atoms with Crippen molar-refractivity contribution in [2.45, 2.75) is 44.8 Å². The fourth-order valence-corrected chi connectivity index (χ4v) is 13.9. The predicted octanol–water partition coefficient (Wildman–Crippen LogP) is 8.96. The average molecular weight is 1530 g/mol. The molecule has 4 heterocycles. The summed E-state index contributed by atoms with van der Waals surface area (Å²) in [5, 5.41) is 5.17. The van der Waals surface area contributed by atoms with Gasteiger partial charge in [-0.15, -0.1) is 34.5 Å². The number of hydrogen-bond acceptors (Lipinski definition) is 21. The first kappa shape index (κ1) is 81.1. The molecule has 0 saturated carbocycles. The van der Waals surface area contributed by atoms with Gasteiger partial charge < -0.3 is 76.8 Å². The molecule has 3 N–H and O–H groups in total. The molecule has 105 heavy (non-hydrogen) atoms. The van der Waals surface area contributed by atoms with Gasteiger partial charge in [-0.05, 0) is 45.5 Å². The largest absolute Gasteiger partial charge is 0.524 e. The minimum atomic E-state index is -5.01. The van der Waals surface area contributed by atoms with Gasteiger partial charge in [0, 0.05) is 124 Å². The van der Waals surface area contributed by atoms with Gasteiger partial charge in [0.1, 0.15) is 18.1 Å². The van der Waals surface area contributed by atoms with E-state index in [0.29, 0.717) is 96.9 Å². The number of halogens is 2. The van der Waals surface area contributed by atoms with E-state index in [-0.39, 0.29) is 173 Å². The number of fused-ring (bicyclic) bond motifs is 6. The van der Waals surface area contributed by atoms with Crippen molar-refractivity contribution < 1.29 is 105 Å². The highest BCUT2D eigenvalue weighted by atomic mass is 35.5. The maximum Gasteiger partial charge on any atom is 0.524 e. The molecule has 6 aromatic rings. The van der Waals surface area contributed by atoms with Gasteiger partial charge >= 0.3 is 20.0 Å². The molecule has 3 aliphatic heterocycles. The lowest BCUT2D eigenvalue weighted by Crippen LogP contribution is -2.44. The maximum atomic E-state index is 14.8. The van der Waals surface area contributed by atoms with Gasteiger partial charge in [-0.1, -0.05) is 86.6 Å². The number of Topliss-reactive ketones (excluding diaryl/α,β-unsaturated/α-hetero) is 1. The van der Waals surface area contributed by atoms with E-state index in [1.807, 2.05) is 26.0 Å². The molecule has 0 unspecified atom stereocenters. The van der Waals surface area contributed by atoms with Crippen LogP contribution < -0.4 is 24.4 Å². The molecule has 7 amide bonds. The lowest BCUT2D eigenvalue weighted by atomic mass is 9.94. The van der Waals surface area contributed by atoms with Gasteiger partial charge in [-0.3, -0.25) is 43.5 Å². The Morgan fingerprint density at radius 1 is 0.581 bits per heavy atom. The zero-order chi connectivity index (χ0) is 75.0. The Labute approximate surface area is 621 Å². The van der Waals surface area contributed by atoms with Crippen molar-refractivity contribution in [3.05, 3.63) is 141 Å². The highest BCUT2D eigenvalue weighted by molar-refractivity contribution is 7.46. The van der Waals surface area contributed by atoms with Crippen molar-refractivity contribution in [3.8, 4) is 11.5 Å². The number of amides is 7. The van der Waals surface area contributed by atoms with Crippen LogP contribution in [0.25, 0.3) is 21.5 Å². The minimum absolute atomic E-state index is 0.0142. The number of nitrogens with one attached hydrogen (secondary N) is 1. The molecule has 1 aromatic heterocycles. The Hall–Kier alpha value is -7.97. The minimum Gasteiger partial charge on any atom is -0.445 e. The number of hydrogen-bond donors (Lipinski definition) is 3. The molecular weight excluding hydrogens is 1450 g/mol. The van der Waals surface area contributed by atoms with Crippen LogP contribution in [-0.4, -0.2) is 242 Å². The Kier molecular flexibility index (Phi) is 31.0. The van der Waals surface area contributed by atoms with E-state index in [0.717, 1.165) is 27.4 Å².